The zero-order valence-electron chi connectivity index (χ0n) is 21.1. The van der Waals surface area contributed by atoms with Gasteiger partial charge in [0.15, 0.2) is 15.6 Å². The second kappa shape index (κ2) is 10.1. The Morgan fingerprint density at radius 3 is 2.43 bits per heavy atom. The van der Waals surface area contributed by atoms with Gasteiger partial charge in [0, 0.05) is 25.5 Å². The van der Waals surface area contributed by atoms with Gasteiger partial charge in [-0.15, -0.1) is 0 Å². The van der Waals surface area contributed by atoms with Gasteiger partial charge in [0.25, 0.3) is 0 Å². The fourth-order valence-corrected chi connectivity index (χ4v) is 10.1. The molecule has 0 aromatic carbocycles. The van der Waals surface area contributed by atoms with Crippen LogP contribution in [0, 0.1) is 23.7 Å². The predicted molar refractivity (Wildman–Crippen MR) is 132 cm³/mol. The van der Waals surface area contributed by atoms with Crippen LogP contribution < -0.4 is 4.18 Å². The van der Waals surface area contributed by atoms with E-state index in [9.17, 15) is 21.6 Å². The molecule has 0 spiro atoms. The van der Waals surface area contributed by atoms with Crippen molar-refractivity contribution in [1.82, 2.24) is 9.78 Å². The first-order chi connectivity index (χ1) is 16.5. The number of aromatic nitrogens is 2. The third-order valence-electron chi connectivity index (χ3n) is 8.57. The molecule has 1 aliphatic heterocycles. The van der Waals surface area contributed by atoms with Crippen molar-refractivity contribution >= 4 is 25.7 Å². The van der Waals surface area contributed by atoms with Crippen LogP contribution in [0.4, 0.5) is 0 Å². The van der Waals surface area contributed by atoms with E-state index in [4.69, 9.17) is 8.92 Å². The van der Waals surface area contributed by atoms with Crippen LogP contribution in [0.2, 0.25) is 0 Å². The molecule has 5 unspecified atom stereocenters. The van der Waals surface area contributed by atoms with Gasteiger partial charge in [-0.05, 0) is 63.7 Å². The molecule has 11 heteroatoms. The summed E-state index contributed by atoms with van der Waals surface area (Å²) in [5.74, 6) is -0.637. The van der Waals surface area contributed by atoms with Crippen LogP contribution >= 0.6 is 0 Å². The van der Waals surface area contributed by atoms with Crippen LogP contribution in [0.5, 0.6) is 5.88 Å². The van der Waals surface area contributed by atoms with Gasteiger partial charge in [-0.1, -0.05) is 13.8 Å². The molecule has 2 aliphatic carbocycles. The summed E-state index contributed by atoms with van der Waals surface area (Å²) >= 11 is 0. The third-order valence-corrected chi connectivity index (χ3v) is 12.5. The molecule has 1 aromatic heterocycles. The molecule has 2 saturated carbocycles. The second-order valence-corrected chi connectivity index (χ2v) is 14.7. The summed E-state index contributed by atoms with van der Waals surface area (Å²) in [5.41, 5.74) is 0.155. The van der Waals surface area contributed by atoms with Crippen LogP contribution in [0.1, 0.15) is 76.1 Å². The number of carbonyl (C=O) groups excluding carboxylic acids is 1. The summed E-state index contributed by atoms with van der Waals surface area (Å²) in [5, 5.41) is 3.14. The molecule has 198 valence electrons. The molecule has 1 saturated heterocycles. The van der Waals surface area contributed by atoms with E-state index >= 15 is 0 Å². The lowest BCUT2D eigenvalue weighted by Crippen LogP contribution is -2.53. The van der Waals surface area contributed by atoms with E-state index in [-0.39, 0.29) is 40.9 Å². The normalized spacial score (nSPS) is 35.3. The maximum Gasteiger partial charge on any atom is 0.313 e. The Balaban J connectivity index is 1.60. The summed E-state index contributed by atoms with van der Waals surface area (Å²) in [6.45, 7) is 6.20. The number of ketones is 1. The van der Waals surface area contributed by atoms with Crippen LogP contribution in [0.25, 0.3) is 0 Å². The zero-order chi connectivity index (χ0) is 25.5. The number of ether oxygens (including phenoxy) is 1. The molecule has 5 atom stereocenters. The highest BCUT2D eigenvalue weighted by Gasteiger charge is 2.51. The lowest BCUT2D eigenvalue weighted by atomic mass is 9.67. The SMILES string of the molecule is CCn1ncc(C(=O)C2CCC3C(C(OC)CCS3(=O)=O)C2C)c1OS(=O)(=O)C1CCC(C)CC1. The summed E-state index contributed by atoms with van der Waals surface area (Å²) in [7, 11) is -5.57. The van der Waals surface area contributed by atoms with Crippen LogP contribution in [-0.4, -0.2) is 61.9 Å². The number of aryl methyl sites for hydroxylation is 1. The summed E-state index contributed by atoms with van der Waals surface area (Å²) in [4.78, 5) is 13.8. The average molecular weight is 531 g/mol. The van der Waals surface area contributed by atoms with Gasteiger partial charge in [-0.2, -0.15) is 13.5 Å². The molecular formula is C24H38N2O7S2. The van der Waals surface area contributed by atoms with Crippen LogP contribution in [0.3, 0.4) is 0 Å². The highest BCUT2D eigenvalue weighted by Crippen LogP contribution is 2.46. The Labute approximate surface area is 209 Å². The van der Waals surface area contributed by atoms with Crippen LogP contribution in [0.15, 0.2) is 6.20 Å². The summed E-state index contributed by atoms with van der Waals surface area (Å²) in [6.07, 6.45) is 5.15. The number of sulfone groups is 1. The molecule has 9 nitrogen and oxygen atoms in total. The largest absolute Gasteiger partial charge is 0.381 e. The van der Waals surface area contributed by atoms with Gasteiger partial charge in [-0.25, -0.2) is 13.1 Å². The first-order valence-corrected chi connectivity index (χ1v) is 16.0. The zero-order valence-corrected chi connectivity index (χ0v) is 22.7. The van der Waals surface area contributed by atoms with Crippen LogP contribution in [-0.2, 0) is 31.2 Å². The van der Waals surface area contributed by atoms with Crippen molar-refractivity contribution in [3.8, 4) is 5.88 Å². The molecule has 3 fully saturated rings. The molecule has 1 aromatic rings. The third kappa shape index (κ3) is 5.05. The molecule has 0 radical (unpaired) electrons. The van der Waals surface area contributed by atoms with E-state index in [1.54, 1.807) is 7.11 Å². The summed E-state index contributed by atoms with van der Waals surface area (Å²) < 4.78 is 64.4. The van der Waals surface area contributed by atoms with E-state index < -0.39 is 36.4 Å². The van der Waals surface area contributed by atoms with E-state index in [1.165, 1.54) is 10.9 Å². The average Bonchev–Trinajstić information content (AvgIpc) is 3.21. The standard InChI is InChI=1S/C24H38N2O7S2/c1-5-26-24(33-35(30,31)17-8-6-15(2)7-9-17)19(14-25-26)23(27)18-10-11-21-22(16(18)3)20(32-4)12-13-34(21,28)29/h14-18,20-22H,5-13H2,1-4H3. The monoisotopic (exact) mass is 530 g/mol. The number of fused-ring (bicyclic) bond motifs is 1. The number of methoxy groups -OCH3 is 1. The van der Waals surface area contributed by atoms with Crippen molar-refractivity contribution < 1.29 is 30.6 Å². The van der Waals surface area contributed by atoms with Crippen molar-refractivity contribution in [1.29, 1.82) is 0 Å². The molecule has 4 rings (SSSR count). The minimum absolute atomic E-state index is 0.0231. The number of carbonyl (C=O) groups is 1. The van der Waals surface area contributed by atoms with E-state index in [0.717, 1.165) is 12.8 Å². The fourth-order valence-electron chi connectivity index (χ4n) is 6.42. The number of hydrogen-bond acceptors (Lipinski definition) is 8. The maximum atomic E-state index is 13.8. The molecule has 0 N–H and O–H groups in total. The van der Waals surface area contributed by atoms with Crippen molar-refractivity contribution in [3.63, 3.8) is 0 Å². The molecule has 35 heavy (non-hydrogen) atoms. The van der Waals surface area contributed by atoms with E-state index in [0.29, 0.717) is 44.6 Å². The molecule has 0 bridgehead atoms. The Hall–Kier alpha value is -1.46. The smallest absolute Gasteiger partial charge is 0.313 e. The number of hydrogen-bond donors (Lipinski definition) is 0. The Morgan fingerprint density at radius 2 is 1.80 bits per heavy atom. The van der Waals surface area contributed by atoms with Gasteiger partial charge < -0.3 is 8.92 Å². The second-order valence-electron chi connectivity index (χ2n) is 10.6. The molecule has 2 heterocycles. The van der Waals surface area contributed by atoms with Crippen molar-refractivity contribution in [2.45, 2.75) is 88.9 Å². The number of rotatable bonds is 7. The first kappa shape index (κ1) is 26.6. The Bertz CT molecular complexity index is 1140. The van der Waals surface area contributed by atoms with Crippen molar-refractivity contribution in [2.75, 3.05) is 12.9 Å². The van der Waals surface area contributed by atoms with Gasteiger partial charge in [-0.3, -0.25) is 4.79 Å². The number of nitrogens with zero attached hydrogens (tertiary/aromatic N) is 2. The van der Waals surface area contributed by atoms with E-state index in [2.05, 4.69) is 12.0 Å². The van der Waals surface area contributed by atoms with Gasteiger partial charge in [0.1, 0.15) is 5.56 Å². The topological polar surface area (TPSA) is 122 Å². The highest BCUT2D eigenvalue weighted by molar-refractivity contribution is 7.92. The lowest BCUT2D eigenvalue weighted by molar-refractivity contribution is -0.00548. The minimum atomic E-state index is -3.92. The van der Waals surface area contributed by atoms with Crippen molar-refractivity contribution in [2.24, 2.45) is 23.7 Å². The Morgan fingerprint density at radius 1 is 1.11 bits per heavy atom. The number of Topliss-reactive ketones (excluding diaryl/α,β-unsaturated/α-hetero) is 1. The highest BCUT2D eigenvalue weighted by atomic mass is 32.2. The van der Waals surface area contributed by atoms with Crippen molar-refractivity contribution in [3.05, 3.63) is 11.8 Å². The minimum Gasteiger partial charge on any atom is -0.381 e. The van der Waals surface area contributed by atoms with E-state index in [1.807, 2.05) is 13.8 Å². The maximum absolute atomic E-state index is 13.8. The first-order valence-electron chi connectivity index (χ1n) is 12.8. The lowest BCUT2D eigenvalue weighted by Gasteiger charge is -2.46. The van der Waals surface area contributed by atoms with Gasteiger partial charge in [0.05, 0.1) is 28.6 Å². The predicted octanol–water partition coefficient (Wildman–Crippen LogP) is 3.24. The summed E-state index contributed by atoms with van der Waals surface area (Å²) in [6, 6.07) is 0. The molecule has 3 aliphatic rings. The fraction of sp³-hybridized carbons (Fsp3) is 0.833. The van der Waals surface area contributed by atoms with Gasteiger partial charge >= 0.3 is 10.1 Å². The van der Waals surface area contributed by atoms with Gasteiger partial charge in [0.2, 0.25) is 5.88 Å². The molecule has 0 amide bonds. The molecular weight excluding hydrogens is 492 g/mol. The quantitative estimate of drug-likeness (QED) is 0.389. The Kier molecular flexibility index (Phi) is 7.70.